The van der Waals surface area contributed by atoms with Crippen molar-refractivity contribution in [2.45, 2.75) is 32.7 Å². The Morgan fingerprint density at radius 3 is 2.63 bits per heavy atom. The fourth-order valence-electron chi connectivity index (χ4n) is 3.00. The summed E-state index contributed by atoms with van der Waals surface area (Å²) in [6.07, 6.45) is 2.07. The molecule has 140 valence electrons. The van der Waals surface area contributed by atoms with Gasteiger partial charge in [-0.2, -0.15) is 4.98 Å². The van der Waals surface area contributed by atoms with Crippen LogP contribution in [-0.4, -0.2) is 22.4 Å². The molecule has 6 nitrogen and oxygen atoms in total. The maximum absolute atomic E-state index is 13.0. The zero-order valence-corrected chi connectivity index (χ0v) is 15.7. The SMILES string of the molecule is CCCCNc1nc(N)nc2cccc(C(=O)N[C@@H](C)c3ccccc3)c12. The van der Waals surface area contributed by atoms with Crippen LogP contribution in [0.4, 0.5) is 11.8 Å². The molecule has 1 amide bonds. The van der Waals surface area contributed by atoms with Gasteiger partial charge in [0.05, 0.1) is 22.5 Å². The summed E-state index contributed by atoms with van der Waals surface area (Å²) in [4.78, 5) is 21.6. The molecule has 0 radical (unpaired) electrons. The molecule has 3 rings (SSSR count). The Kier molecular flexibility index (Phi) is 5.86. The van der Waals surface area contributed by atoms with Crippen molar-refractivity contribution >= 4 is 28.6 Å². The number of unbranched alkanes of at least 4 members (excludes halogenated alkanes) is 1. The summed E-state index contributed by atoms with van der Waals surface area (Å²) < 4.78 is 0. The normalized spacial score (nSPS) is 11.9. The first-order valence-corrected chi connectivity index (χ1v) is 9.26. The van der Waals surface area contributed by atoms with E-state index in [4.69, 9.17) is 5.73 Å². The molecule has 0 aliphatic rings. The summed E-state index contributed by atoms with van der Waals surface area (Å²) in [6.45, 7) is 4.85. The lowest BCUT2D eigenvalue weighted by molar-refractivity contribution is 0.0941. The standard InChI is InChI=1S/C21H25N5O/c1-3-4-13-23-19-18-16(11-8-12-17(18)25-21(22)26-19)20(27)24-14(2)15-9-6-5-7-10-15/h5-12,14H,3-4,13H2,1-2H3,(H,24,27)(H3,22,23,25,26)/t14-/m0/s1. The number of hydrogen-bond acceptors (Lipinski definition) is 5. The first-order chi connectivity index (χ1) is 13.1. The number of nitrogens with zero attached hydrogens (tertiary/aromatic N) is 2. The Morgan fingerprint density at radius 1 is 1.11 bits per heavy atom. The number of carbonyl (C=O) groups excluding carboxylic acids is 1. The Labute approximate surface area is 159 Å². The topological polar surface area (TPSA) is 92.9 Å². The number of benzene rings is 2. The number of aromatic nitrogens is 2. The number of nitrogen functional groups attached to an aromatic ring is 1. The highest BCUT2D eigenvalue weighted by atomic mass is 16.1. The number of carbonyl (C=O) groups is 1. The van der Waals surface area contributed by atoms with Crippen molar-refractivity contribution in [1.29, 1.82) is 0 Å². The number of nitrogens with one attached hydrogen (secondary N) is 2. The van der Waals surface area contributed by atoms with Crippen LogP contribution in [-0.2, 0) is 0 Å². The molecule has 3 aromatic rings. The fraction of sp³-hybridized carbons (Fsp3) is 0.286. The monoisotopic (exact) mass is 363 g/mol. The molecule has 0 saturated heterocycles. The molecule has 0 aliphatic heterocycles. The lowest BCUT2D eigenvalue weighted by Gasteiger charge is -2.16. The second kappa shape index (κ2) is 8.49. The summed E-state index contributed by atoms with van der Waals surface area (Å²) in [5, 5.41) is 7.05. The van der Waals surface area contributed by atoms with Gasteiger partial charge in [-0.1, -0.05) is 49.7 Å². The predicted octanol–water partition coefficient (Wildman–Crippen LogP) is 3.92. The third kappa shape index (κ3) is 4.34. The molecule has 0 saturated carbocycles. The second-order valence-corrected chi connectivity index (χ2v) is 6.52. The maximum Gasteiger partial charge on any atom is 0.252 e. The molecule has 0 spiro atoms. The van der Waals surface area contributed by atoms with E-state index in [0.29, 0.717) is 22.3 Å². The van der Waals surface area contributed by atoms with Gasteiger partial charge in [0.1, 0.15) is 5.82 Å². The molecule has 1 atom stereocenters. The number of anilines is 2. The molecule has 27 heavy (non-hydrogen) atoms. The largest absolute Gasteiger partial charge is 0.369 e. The van der Waals surface area contributed by atoms with Gasteiger partial charge in [-0.05, 0) is 31.0 Å². The minimum absolute atomic E-state index is 0.111. The van der Waals surface area contributed by atoms with E-state index in [9.17, 15) is 4.79 Å². The number of amides is 1. The van der Waals surface area contributed by atoms with Gasteiger partial charge < -0.3 is 16.4 Å². The Balaban J connectivity index is 1.94. The summed E-state index contributed by atoms with van der Waals surface area (Å²) in [5.74, 6) is 0.629. The Morgan fingerprint density at radius 2 is 1.89 bits per heavy atom. The van der Waals surface area contributed by atoms with E-state index in [1.807, 2.05) is 49.4 Å². The van der Waals surface area contributed by atoms with Gasteiger partial charge in [-0.3, -0.25) is 4.79 Å². The van der Waals surface area contributed by atoms with Crippen LogP contribution < -0.4 is 16.4 Å². The Bertz CT molecular complexity index is 927. The van der Waals surface area contributed by atoms with E-state index < -0.39 is 0 Å². The molecule has 2 aromatic carbocycles. The number of nitrogens with two attached hydrogens (primary N) is 1. The molecule has 0 fully saturated rings. The van der Waals surface area contributed by atoms with Crippen molar-refractivity contribution in [2.24, 2.45) is 0 Å². The van der Waals surface area contributed by atoms with Gasteiger partial charge in [0.25, 0.3) is 5.91 Å². The quantitative estimate of drug-likeness (QED) is 0.553. The molecule has 0 aliphatic carbocycles. The lowest BCUT2D eigenvalue weighted by Crippen LogP contribution is -2.27. The van der Waals surface area contributed by atoms with Crippen molar-refractivity contribution in [2.75, 3.05) is 17.6 Å². The van der Waals surface area contributed by atoms with E-state index in [0.717, 1.165) is 24.9 Å². The van der Waals surface area contributed by atoms with E-state index in [-0.39, 0.29) is 17.9 Å². The van der Waals surface area contributed by atoms with Crippen molar-refractivity contribution in [3.63, 3.8) is 0 Å². The van der Waals surface area contributed by atoms with Crippen LogP contribution in [0.1, 0.15) is 48.7 Å². The van der Waals surface area contributed by atoms with E-state index in [1.165, 1.54) is 0 Å². The van der Waals surface area contributed by atoms with Gasteiger partial charge in [0.2, 0.25) is 5.95 Å². The van der Waals surface area contributed by atoms with Gasteiger partial charge in [0.15, 0.2) is 0 Å². The zero-order chi connectivity index (χ0) is 19.2. The van der Waals surface area contributed by atoms with E-state index >= 15 is 0 Å². The third-order valence-corrected chi connectivity index (χ3v) is 4.46. The Hall–Kier alpha value is -3.15. The highest BCUT2D eigenvalue weighted by Gasteiger charge is 2.18. The molecule has 0 bridgehead atoms. The van der Waals surface area contributed by atoms with Crippen molar-refractivity contribution in [1.82, 2.24) is 15.3 Å². The lowest BCUT2D eigenvalue weighted by atomic mass is 10.1. The van der Waals surface area contributed by atoms with Crippen LogP contribution in [0.3, 0.4) is 0 Å². The highest BCUT2D eigenvalue weighted by Crippen LogP contribution is 2.26. The summed E-state index contributed by atoms with van der Waals surface area (Å²) >= 11 is 0. The second-order valence-electron chi connectivity index (χ2n) is 6.52. The summed E-state index contributed by atoms with van der Waals surface area (Å²) in [7, 11) is 0. The first-order valence-electron chi connectivity index (χ1n) is 9.26. The molecular weight excluding hydrogens is 338 g/mol. The van der Waals surface area contributed by atoms with Crippen LogP contribution in [0.25, 0.3) is 10.9 Å². The van der Waals surface area contributed by atoms with Crippen LogP contribution in [0, 0.1) is 0 Å². The molecular formula is C21H25N5O. The van der Waals surface area contributed by atoms with Gasteiger partial charge in [-0.25, -0.2) is 4.98 Å². The van der Waals surface area contributed by atoms with E-state index in [1.54, 1.807) is 6.07 Å². The highest BCUT2D eigenvalue weighted by molar-refractivity contribution is 6.10. The van der Waals surface area contributed by atoms with Crippen LogP contribution in [0.5, 0.6) is 0 Å². The van der Waals surface area contributed by atoms with Crippen LogP contribution >= 0.6 is 0 Å². The van der Waals surface area contributed by atoms with E-state index in [2.05, 4.69) is 27.5 Å². The molecule has 1 aromatic heterocycles. The van der Waals surface area contributed by atoms with Crippen molar-refractivity contribution in [3.8, 4) is 0 Å². The van der Waals surface area contributed by atoms with Gasteiger partial charge in [-0.15, -0.1) is 0 Å². The predicted molar refractivity (Wildman–Crippen MR) is 110 cm³/mol. The fourth-order valence-corrected chi connectivity index (χ4v) is 3.00. The average Bonchev–Trinajstić information content (AvgIpc) is 2.68. The minimum Gasteiger partial charge on any atom is -0.369 e. The summed E-state index contributed by atoms with van der Waals surface area (Å²) in [6, 6.07) is 15.2. The zero-order valence-electron chi connectivity index (χ0n) is 15.7. The van der Waals surface area contributed by atoms with Gasteiger partial charge >= 0.3 is 0 Å². The van der Waals surface area contributed by atoms with Crippen LogP contribution in [0.2, 0.25) is 0 Å². The molecule has 1 heterocycles. The number of hydrogen-bond donors (Lipinski definition) is 3. The number of fused-ring (bicyclic) bond motifs is 1. The van der Waals surface area contributed by atoms with Crippen molar-refractivity contribution in [3.05, 3.63) is 59.7 Å². The average molecular weight is 363 g/mol. The molecule has 6 heteroatoms. The first kappa shape index (κ1) is 18.6. The molecule has 0 unspecified atom stereocenters. The van der Waals surface area contributed by atoms with Crippen LogP contribution in [0.15, 0.2) is 48.5 Å². The maximum atomic E-state index is 13.0. The minimum atomic E-state index is -0.163. The molecule has 4 N–H and O–H groups in total. The third-order valence-electron chi connectivity index (χ3n) is 4.46. The summed E-state index contributed by atoms with van der Waals surface area (Å²) in [5.41, 5.74) is 8.09. The smallest absolute Gasteiger partial charge is 0.252 e. The number of rotatable bonds is 7. The van der Waals surface area contributed by atoms with Gasteiger partial charge in [0, 0.05) is 6.54 Å². The van der Waals surface area contributed by atoms with Crippen molar-refractivity contribution < 1.29 is 4.79 Å².